The summed E-state index contributed by atoms with van der Waals surface area (Å²) in [4.78, 5) is 37.8. The number of para-hydroxylation sites is 1. The zero-order valence-corrected chi connectivity index (χ0v) is 16.1. The van der Waals surface area contributed by atoms with Gasteiger partial charge in [-0.15, -0.1) is 0 Å². The third kappa shape index (κ3) is 6.85. The Kier molecular flexibility index (Phi) is 8.17. The number of rotatable bonds is 9. The first-order valence-electron chi connectivity index (χ1n) is 9.04. The predicted molar refractivity (Wildman–Crippen MR) is 107 cm³/mol. The van der Waals surface area contributed by atoms with Crippen LogP contribution < -0.4 is 10.6 Å². The molecule has 0 atom stereocenters. The highest BCUT2D eigenvalue weighted by Gasteiger charge is 2.15. The SMILES string of the molecule is CCOC(=O)CN(C)CC(=O)Nc1ccccc1C(=O)NCc1ccccc1. The smallest absolute Gasteiger partial charge is 0.320 e. The molecule has 0 unspecified atom stereocenters. The Morgan fingerprint density at radius 1 is 0.964 bits per heavy atom. The normalized spacial score (nSPS) is 10.4. The number of nitrogens with one attached hydrogen (secondary N) is 2. The molecule has 2 aromatic rings. The van der Waals surface area contributed by atoms with Crippen molar-refractivity contribution in [1.29, 1.82) is 0 Å². The molecular formula is C21H25N3O4. The van der Waals surface area contributed by atoms with E-state index in [0.717, 1.165) is 5.56 Å². The predicted octanol–water partition coefficient (Wildman–Crippen LogP) is 2.05. The zero-order chi connectivity index (χ0) is 20.4. The molecule has 7 nitrogen and oxygen atoms in total. The minimum absolute atomic E-state index is 0.00121. The van der Waals surface area contributed by atoms with Crippen LogP contribution in [0.1, 0.15) is 22.8 Å². The molecule has 0 bridgehead atoms. The highest BCUT2D eigenvalue weighted by molar-refractivity contribution is 6.04. The van der Waals surface area contributed by atoms with E-state index in [-0.39, 0.29) is 24.9 Å². The molecule has 28 heavy (non-hydrogen) atoms. The van der Waals surface area contributed by atoms with E-state index in [9.17, 15) is 14.4 Å². The summed E-state index contributed by atoms with van der Waals surface area (Å²) in [5, 5.41) is 5.58. The molecule has 0 saturated heterocycles. The van der Waals surface area contributed by atoms with Crippen molar-refractivity contribution in [3.63, 3.8) is 0 Å². The van der Waals surface area contributed by atoms with E-state index in [1.165, 1.54) is 0 Å². The topological polar surface area (TPSA) is 87.7 Å². The van der Waals surface area contributed by atoms with Crippen molar-refractivity contribution in [2.75, 3.05) is 32.1 Å². The Morgan fingerprint density at radius 3 is 2.36 bits per heavy atom. The van der Waals surface area contributed by atoms with E-state index < -0.39 is 5.97 Å². The molecule has 0 aliphatic rings. The Bertz CT molecular complexity index is 808. The lowest BCUT2D eigenvalue weighted by Gasteiger charge is -2.16. The van der Waals surface area contributed by atoms with E-state index in [1.54, 1.807) is 43.1 Å². The van der Waals surface area contributed by atoms with E-state index >= 15 is 0 Å². The third-order valence-corrected chi connectivity index (χ3v) is 3.86. The van der Waals surface area contributed by atoms with E-state index in [0.29, 0.717) is 24.4 Å². The van der Waals surface area contributed by atoms with Gasteiger partial charge in [0.15, 0.2) is 0 Å². The van der Waals surface area contributed by atoms with Crippen molar-refractivity contribution in [2.24, 2.45) is 0 Å². The monoisotopic (exact) mass is 383 g/mol. The maximum atomic E-state index is 12.5. The van der Waals surface area contributed by atoms with Gasteiger partial charge >= 0.3 is 5.97 Å². The summed E-state index contributed by atoms with van der Waals surface area (Å²) in [6.07, 6.45) is 0. The standard InChI is InChI=1S/C21H25N3O4/c1-3-28-20(26)15-24(2)14-19(25)23-18-12-8-7-11-17(18)21(27)22-13-16-9-5-4-6-10-16/h4-12H,3,13-15H2,1-2H3,(H,22,27)(H,23,25). The van der Waals surface area contributed by atoms with Crippen LogP contribution >= 0.6 is 0 Å². The van der Waals surface area contributed by atoms with Gasteiger partial charge < -0.3 is 15.4 Å². The van der Waals surface area contributed by atoms with Crippen LogP contribution in [0.3, 0.4) is 0 Å². The second kappa shape index (κ2) is 10.8. The van der Waals surface area contributed by atoms with Crippen molar-refractivity contribution in [2.45, 2.75) is 13.5 Å². The molecule has 0 heterocycles. The van der Waals surface area contributed by atoms with Gasteiger partial charge in [0, 0.05) is 6.54 Å². The molecule has 0 fully saturated rings. The van der Waals surface area contributed by atoms with Crippen molar-refractivity contribution in [3.8, 4) is 0 Å². The van der Waals surface area contributed by atoms with Gasteiger partial charge in [0.2, 0.25) is 5.91 Å². The second-order valence-corrected chi connectivity index (χ2v) is 6.24. The molecule has 2 amide bonds. The first-order valence-corrected chi connectivity index (χ1v) is 9.04. The summed E-state index contributed by atoms with van der Waals surface area (Å²) in [5.74, 6) is -0.992. The fraction of sp³-hybridized carbons (Fsp3) is 0.286. The van der Waals surface area contributed by atoms with Gasteiger partial charge in [-0.2, -0.15) is 0 Å². The number of anilines is 1. The summed E-state index contributed by atoms with van der Waals surface area (Å²) in [6.45, 7) is 2.43. The van der Waals surface area contributed by atoms with Gasteiger partial charge in [-0.05, 0) is 31.7 Å². The van der Waals surface area contributed by atoms with Crippen molar-refractivity contribution < 1.29 is 19.1 Å². The molecule has 0 aromatic heterocycles. The summed E-state index contributed by atoms with van der Waals surface area (Å²) in [6, 6.07) is 16.4. The van der Waals surface area contributed by atoms with Crippen LogP contribution in [0.15, 0.2) is 54.6 Å². The molecule has 0 aliphatic carbocycles. The van der Waals surface area contributed by atoms with Crippen LogP contribution in [-0.4, -0.2) is 49.4 Å². The van der Waals surface area contributed by atoms with E-state index in [1.807, 2.05) is 30.3 Å². The minimum atomic E-state index is -0.390. The van der Waals surface area contributed by atoms with Crippen LogP contribution in [0.25, 0.3) is 0 Å². The van der Waals surface area contributed by atoms with Crippen molar-refractivity contribution in [3.05, 3.63) is 65.7 Å². The number of likely N-dealkylation sites (N-methyl/N-ethyl adjacent to an activating group) is 1. The molecule has 7 heteroatoms. The van der Waals surface area contributed by atoms with Crippen LogP contribution in [0, 0.1) is 0 Å². The fourth-order valence-corrected chi connectivity index (χ4v) is 2.58. The summed E-state index contributed by atoms with van der Waals surface area (Å²) >= 11 is 0. The van der Waals surface area contributed by atoms with Gasteiger partial charge in [-0.25, -0.2) is 0 Å². The Hall–Kier alpha value is -3.19. The van der Waals surface area contributed by atoms with Gasteiger partial charge in [0.1, 0.15) is 0 Å². The van der Waals surface area contributed by atoms with Crippen LogP contribution in [0.4, 0.5) is 5.69 Å². The summed E-state index contributed by atoms with van der Waals surface area (Å²) < 4.78 is 4.86. The Balaban J connectivity index is 1.94. The van der Waals surface area contributed by atoms with Crippen molar-refractivity contribution >= 4 is 23.5 Å². The quantitative estimate of drug-likeness (QED) is 0.647. The van der Waals surface area contributed by atoms with Crippen LogP contribution in [0.2, 0.25) is 0 Å². The zero-order valence-electron chi connectivity index (χ0n) is 16.1. The Labute approximate surface area is 164 Å². The first kappa shape index (κ1) is 21.1. The second-order valence-electron chi connectivity index (χ2n) is 6.24. The first-order chi connectivity index (χ1) is 13.5. The molecule has 0 aliphatic heterocycles. The molecule has 148 valence electrons. The van der Waals surface area contributed by atoms with E-state index in [4.69, 9.17) is 4.74 Å². The number of carbonyl (C=O) groups excluding carboxylic acids is 3. The number of benzene rings is 2. The molecule has 0 saturated carbocycles. The molecule has 0 radical (unpaired) electrons. The van der Waals surface area contributed by atoms with Gasteiger partial charge in [0.25, 0.3) is 5.91 Å². The average molecular weight is 383 g/mol. The number of carbonyl (C=O) groups is 3. The largest absolute Gasteiger partial charge is 0.465 e. The van der Waals surface area contributed by atoms with Crippen LogP contribution in [0.5, 0.6) is 0 Å². The number of esters is 1. The lowest BCUT2D eigenvalue weighted by Crippen LogP contribution is -2.35. The minimum Gasteiger partial charge on any atom is -0.465 e. The van der Waals surface area contributed by atoms with Gasteiger partial charge in [0.05, 0.1) is 30.9 Å². The number of ether oxygens (including phenoxy) is 1. The van der Waals surface area contributed by atoms with Gasteiger partial charge in [-0.1, -0.05) is 42.5 Å². The summed E-state index contributed by atoms with van der Waals surface area (Å²) in [5.41, 5.74) is 1.78. The Morgan fingerprint density at radius 2 is 1.64 bits per heavy atom. The fourth-order valence-electron chi connectivity index (χ4n) is 2.58. The van der Waals surface area contributed by atoms with Gasteiger partial charge in [-0.3, -0.25) is 19.3 Å². The highest BCUT2D eigenvalue weighted by Crippen LogP contribution is 2.15. The third-order valence-electron chi connectivity index (χ3n) is 3.86. The maximum absolute atomic E-state index is 12.5. The molecular weight excluding hydrogens is 358 g/mol. The number of hydrogen-bond donors (Lipinski definition) is 2. The van der Waals surface area contributed by atoms with E-state index in [2.05, 4.69) is 10.6 Å². The average Bonchev–Trinajstić information content (AvgIpc) is 2.67. The molecule has 2 rings (SSSR count). The lowest BCUT2D eigenvalue weighted by molar-refractivity contribution is -0.144. The molecule has 2 N–H and O–H groups in total. The number of hydrogen-bond acceptors (Lipinski definition) is 5. The maximum Gasteiger partial charge on any atom is 0.320 e. The number of nitrogens with zero attached hydrogens (tertiary/aromatic N) is 1. The number of amides is 2. The molecule has 0 spiro atoms. The molecule has 2 aromatic carbocycles. The summed E-state index contributed by atoms with van der Waals surface area (Å²) in [7, 11) is 1.65. The van der Waals surface area contributed by atoms with Crippen molar-refractivity contribution in [1.82, 2.24) is 10.2 Å². The lowest BCUT2D eigenvalue weighted by atomic mass is 10.1. The van der Waals surface area contributed by atoms with Crippen LogP contribution in [-0.2, 0) is 20.9 Å². The highest BCUT2D eigenvalue weighted by atomic mass is 16.5.